The third kappa shape index (κ3) is 3.48. The van der Waals surface area contributed by atoms with Crippen molar-refractivity contribution in [2.24, 2.45) is 7.05 Å². The van der Waals surface area contributed by atoms with Crippen LogP contribution in [0.4, 0.5) is 0 Å². The summed E-state index contributed by atoms with van der Waals surface area (Å²) >= 11 is 3.58. The molecule has 0 bridgehead atoms. The van der Waals surface area contributed by atoms with E-state index >= 15 is 0 Å². The minimum Gasteiger partial charge on any atom is -0.307 e. The number of aromatic nitrogens is 3. The first-order valence-corrected chi connectivity index (χ1v) is 8.84. The monoisotopic (exact) mass is 359 g/mol. The summed E-state index contributed by atoms with van der Waals surface area (Å²) in [6.07, 6.45) is 2.17. The zero-order valence-electron chi connectivity index (χ0n) is 14.3. The van der Waals surface area contributed by atoms with Gasteiger partial charge in [-0.05, 0) is 48.4 Å². The lowest BCUT2D eigenvalue weighted by atomic mass is 9.80. The summed E-state index contributed by atoms with van der Waals surface area (Å²) in [5, 5.41) is 12.0. The Morgan fingerprint density at radius 1 is 1.19 bits per heavy atom. The highest BCUT2D eigenvalue weighted by atomic mass is 79.9. The van der Waals surface area contributed by atoms with Gasteiger partial charge in [-0.15, -0.1) is 5.10 Å². The van der Waals surface area contributed by atoms with Crippen molar-refractivity contribution in [3.63, 3.8) is 0 Å². The molecule has 1 heterocycles. The van der Waals surface area contributed by atoms with E-state index in [4.69, 9.17) is 0 Å². The first kappa shape index (κ1) is 18.6. The summed E-state index contributed by atoms with van der Waals surface area (Å²) in [5.74, 6) is 0. The van der Waals surface area contributed by atoms with E-state index in [1.165, 1.54) is 0 Å². The topological polar surface area (TPSA) is 46.0 Å². The van der Waals surface area contributed by atoms with Crippen LogP contribution < -0.4 is 5.32 Å². The van der Waals surface area contributed by atoms with Crippen LogP contribution in [-0.2, 0) is 7.05 Å². The molecule has 6 heteroatoms. The van der Waals surface area contributed by atoms with Crippen LogP contribution in [-0.4, -0.2) is 45.1 Å². The van der Waals surface area contributed by atoms with E-state index in [0.29, 0.717) is 0 Å². The summed E-state index contributed by atoms with van der Waals surface area (Å²) in [4.78, 5) is 2.57. The summed E-state index contributed by atoms with van der Waals surface area (Å²) in [7, 11) is 1.97. The molecule has 0 spiro atoms. The Hall–Kier alpha value is -0.460. The first-order chi connectivity index (χ1) is 10.0. The molecule has 0 saturated heterocycles. The fraction of sp³-hybridized carbons (Fsp3) is 0.867. The number of aryl methyl sites for hydroxylation is 1. The van der Waals surface area contributed by atoms with Crippen molar-refractivity contribution in [3.8, 4) is 0 Å². The van der Waals surface area contributed by atoms with Gasteiger partial charge in [-0.1, -0.05) is 39.8 Å². The van der Waals surface area contributed by atoms with Crippen LogP contribution >= 0.6 is 15.9 Å². The summed E-state index contributed by atoms with van der Waals surface area (Å²) in [6.45, 7) is 14.2. The van der Waals surface area contributed by atoms with Gasteiger partial charge >= 0.3 is 0 Å². The summed E-state index contributed by atoms with van der Waals surface area (Å²) in [6, 6.07) is 0.201. The third-order valence-electron chi connectivity index (χ3n) is 4.66. The molecule has 122 valence electrons. The molecule has 1 unspecified atom stereocenters. The van der Waals surface area contributed by atoms with Crippen LogP contribution in [0.2, 0.25) is 0 Å². The molecule has 0 radical (unpaired) electrons. The number of rotatable bonds is 9. The molecule has 1 aromatic heterocycles. The van der Waals surface area contributed by atoms with Crippen molar-refractivity contribution in [2.45, 2.75) is 59.0 Å². The lowest BCUT2D eigenvalue weighted by molar-refractivity contribution is 0.0462. The largest absolute Gasteiger partial charge is 0.307 e. The van der Waals surface area contributed by atoms with Crippen molar-refractivity contribution < 1.29 is 0 Å². The Labute approximate surface area is 137 Å². The van der Waals surface area contributed by atoms with Crippen molar-refractivity contribution >= 4 is 15.9 Å². The summed E-state index contributed by atoms with van der Waals surface area (Å²) in [5.41, 5.74) is 1.20. The van der Waals surface area contributed by atoms with Gasteiger partial charge in [0.25, 0.3) is 0 Å². The molecule has 0 aliphatic carbocycles. The van der Waals surface area contributed by atoms with Crippen LogP contribution in [0.5, 0.6) is 0 Å². The number of nitrogens with zero attached hydrogens (tertiary/aromatic N) is 4. The quantitative estimate of drug-likeness (QED) is 0.735. The number of likely N-dealkylation sites (N-methyl/N-ethyl adjacent to an activating group) is 2. The fourth-order valence-electron chi connectivity index (χ4n) is 3.53. The Morgan fingerprint density at radius 3 is 2.10 bits per heavy atom. The van der Waals surface area contributed by atoms with Crippen LogP contribution in [0.1, 0.15) is 59.2 Å². The number of hydrogen-bond donors (Lipinski definition) is 1. The second-order valence-corrected chi connectivity index (χ2v) is 6.11. The predicted octanol–water partition coefficient (Wildman–Crippen LogP) is 3.13. The van der Waals surface area contributed by atoms with Crippen molar-refractivity contribution in [1.29, 1.82) is 0 Å². The van der Waals surface area contributed by atoms with E-state index in [9.17, 15) is 0 Å². The van der Waals surface area contributed by atoms with Gasteiger partial charge in [0, 0.05) is 12.6 Å². The Kier molecular flexibility index (Phi) is 7.30. The highest BCUT2D eigenvalue weighted by Gasteiger charge is 2.42. The Balaban J connectivity index is 3.39. The average molecular weight is 360 g/mol. The Bertz CT molecular complexity index is 404. The normalized spacial score (nSPS) is 13.9. The van der Waals surface area contributed by atoms with Crippen LogP contribution in [0.15, 0.2) is 4.60 Å². The predicted molar refractivity (Wildman–Crippen MR) is 91.4 cm³/mol. The maximum absolute atomic E-state index is 4.18. The van der Waals surface area contributed by atoms with Gasteiger partial charge in [0.2, 0.25) is 0 Å². The average Bonchev–Trinajstić information content (AvgIpc) is 2.82. The lowest BCUT2D eigenvalue weighted by Gasteiger charge is -2.48. The van der Waals surface area contributed by atoms with Crippen molar-refractivity contribution in [1.82, 2.24) is 25.2 Å². The van der Waals surface area contributed by atoms with Gasteiger partial charge in [0.15, 0.2) is 4.60 Å². The standard InChI is InChI=1S/C15H30BrN5/c1-7-15(8-2,21(10-4)11-5)13(17-9-3)12-14(16)18-19-20(12)6/h13,17H,7-11H2,1-6H3. The minimum absolute atomic E-state index is 0.0670. The SMILES string of the molecule is CCNC(c1c(Br)nnn1C)C(CC)(CC)N(CC)CC. The van der Waals surface area contributed by atoms with Gasteiger partial charge in [-0.25, -0.2) is 4.68 Å². The molecule has 21 heavy (non-hydrogen) atoms. The maximum Gasteiger partial charge on any atom is 0.153 e. The van der Waals surface area contributed by atoms with E-state index < -0.39 is 0 Å². The zero-order chi connectivity index (χ0) is 16.0. The highest BCUT2D eigenvalue weighted by Crippen LogP contribution is 2.39. The molecule has 0 aliphatic rings. The van der Waals surface area contributed by atoms with E-state index in [1.54, 1.807) is 0 Å². The molecule has 0 aliphatic heterocycles. The van der Waals surface area contributed by atoms with Gasteiger partial charge in [0.1, 0.15) is 0 Å². The van der Waals surface area contributed by atoms with Gasteiger partial charge in [-0.3, -0.25) is 4.90 Å². The highest BCUT2D eigenvalue weighted by molar-refractivity contribution is 9.10. The molecule has 0 fully saturated rings. The van der Waals surface area contributed by atoms with Crippen molar-refractivity contribution in [2.75, 3.05) is 19.6 Å². The van der Waals surface area contributed by atoms with E-state index in [1.807, 2.05) is 11.7 Å². The van der Waals surface area contributed by atoms with Gasteiger partial charge < -0.3 is 5.32 Å². The van der Waals surface area contributed by atoms with Gasteiger partial charge in [-0.2, -0.15) is 0 Å². The number of hydrogen-bond acceptors (Lipinski definition) is 4. The van der Waals surface area contributed by atoms with E-state index in [-0.39, 0.29) is 11.6 Å². The Morgan fingerprint density at radius 2 is 1.76 bits per heavy atom. The molecule has 0 aromatic carbocycles. The molecule has 0 amide bonds. The molecule has 1 N–H and O–H groups in total. The molecular weight excluding hydrogens is 330 g/mol. The number of halogens is 1. The van der Waals surface area contributed by atoms with Crippen LogP contribution in [0.25, 0.3) is 0 Å². The molecule has 5 nitrogen and oxygen atoms in total. The zero-order valence-corrected chi connectivity index (χ0v) is 15.9. The number of nitrogens with one attached hydrogen (secondary N) is 1. The molecule has 1 atom stereocenters. The maximum atomic E-state index is 4.18. The van der Waals surface area contributed by atoms with E-state index in [2.05, 4.69) is 71.1 Å². The summed E-state index contributed by atoms with van der Waals surface area (Å²) < 4.78 is 2.73. The van der Waals surface area contributed by atoms with Crippen LogP contribution in [0, 0.1) is 0 Å². The van der Waals surface area contributed by atoms with Crippen molar-refractivity contribution in [3.05, 3.63) is 10.3 Å². The van der Waals surface area contributed by atoms with Crippen LogP contribution in [0.3, 0.4) is 0 Å². The van der Waals surface area contributed by atoms with Gasteiger partial charge in [0.05, 0.1) is 11.7 Å². The second-order valence-electron chi connectivity index (χ2n) is 5.36. The fourth-order valence-corrected chi connectivity index (χ4v) is 4.09. The molecule has 1 rings (SSSR count). The lowest BCUT2D eigenvalue weighted by Crippen LogP contribution is -2.56. The minimum atomic E-state index is 0.0670. The second kappa shape index (κ2) is 8.25. The first-order valence-electron chi connectivity index (χ1n) is 8.05. The third-order valence-corrected chi connectivity index (χ3v) is 5.23. The smallest absolute Gasteiger partial charge is 0.153 e. The van der Waals surface area contributed by atoms with E-state index in [0.717, 1.165) is 42.8 Å². The molecule has 0 saturated carbocycles. The molecular formula is C15H30BrN5. The molecule has 1 aromatic rings.